The molecule has 3 aromatic carbocycles. The lowest BCUT2D eigenvalue weighted by Crippen LogP contribution is -2.34. The van der Waals surface area contributed by atoms with Crippen LogP contribution in [0.3, 0.4) is 0 Å². The number of nitrogens with zero attached hydrogens (tertiary/aromatic N) is 4. The first-order valence-electron chi connectivity index (χ1n) is 11.3. The summed E-state index contributed by atoms with van der Waals surface area (Å²) in [5.41, 5.74) is 8.97. The van der Waals surface area contributed by atoms with Crippen LogP contribution in [-0.4, -0.2) is 23.1 Å². The van der Waals surface area contributed by atoms with Crippen molar-refractivity contribution in [2.75, 3.05) is 23.5 Å². The van der Waals surface area contributed by atoms with Crippen LogP contribution >= 0.6 is 0 Å². The van der Waals surface area contributed by atoms with Crippen molar-refractivity contribution in [2.24, 2.45) is 10.2 Å². The van der Waals surface area contributed by atoms with Crippen molar-refractivity contribution >= 4 is 28.4 Å². The average molecular weight is 460 g/mol. The number of aromatic hydroxyl groups is 1. The molecule has 0 unspecified atom stereocenters. The SMILES string of the molecule is O=[N+]([O-])c1ccc(O)c(N=Nc2cc3c4c(c2NOCc2ccccc2)CCCN4CCC3)c1. The maximum atomic E-state index is 11.1. The van der Waals surface area contributed by atoms with Gasteiger partial charge in [0.25, 0.3) is 5.69 Å². The van der Waals surface area contributed by atoms with Gasteiger partial charge in [-0.2, -0.15) is 0 Å². The molecule has 0 fully saturated rings. The van der Waals surface area contributed by atoms with Crippen LogP contribution in [-0.2, 0) is 24.3 Å². The van der Waals surface area contributed by atoms with E-state index >= 15 is 0 Å². The van der Waals surface area contributed by atoms with E-state index in [1.807, 2.05) is 36.4 Å². The Balaban J connectivity index is 1.51. The molecule has 174 valence electrons. The molecule has 0 radical (unpaired) electrons. The summed E-state index contributed by atoms with van der Waals surface area (Å²) in [5.74, 6) is -0.172. The molecule has 0 atom stereocenters. The van der Waals surface area contributed by atoms with Gasteiger partial charge < -0.3 is 10.0 Å². The highest BCUT2D eigenvalue weighted by atomic mass is 16.6. The molecule has 2 N–H and O–H groups in total. The smallest absolute Gasteiger partial charge is 0.271 e. The first-order valence-corrected chi connectivity index (χ1v) is 11.3. The van der Waals surface area contributed by atoms with Crippen molar-refractivity contribution in [2.45, 2.75) is 32.3 Å². The fourth-order valence-electron chi connectivity index (χ4n) is 4.61. The first kappa shape index (κ1) is 21.8. The third-order valence-corrected chi connectivity index (χ3v) is 6.20. The lowest BCUT2D eigenvalue weighted by molar-refractivity contribution is -0.384. The van der Waals surface area contributed by atoms with Crippen molar-refractivity contribution < 1.29 is 14.9 Å². The van der Waals surface area contributed by atoms with Crippen molar-refractivity contribution in [1.82, 2.24) is 0 Å². The van der Waals surface area contributed by atoms with Gasteiger partial charge in [-0.1, -0.05) is 30.3 Å². The Morgan fingerprint density at radius 2 is 1.79 bits per heavy atom. The third-order valence-electron chi connectivity index (χ3n) is 6.20. The Kier molecular flexibility index (Phi) is 6.09. The van der Waals surface area contributed by atoms with Crippen LogP contribution in [0.25, 0.3) is 0 Å². The number of benzene rings is 3. The zero-order valence-corrected chi connectivity index (χ0v) is 18.6. The van der Waals surface area contributed by atoms with Crippen LogP contribution in [0.1, 0.15) is 29.5 Å². The lowest BCUT2D eigenvalue weighted by Gasteiger charge is -2.38. The number of non-ortho nitro benzene ring substituents is 1. The molecular formula is C25H25N5O4. The number of azo groups is 1. The number of phenolic OH excluding ortho intramolecular Hbond substituents is 1. The summed E-state index contributed by atoms with van der Waals surface area (Å²) < 4.78 is 0. The molecule has 9 heteroatoms. The van der Waals surface area contributed by atoms with E-state index in [9.17, 15) is 15.2 Å². The summed E-state index contributed by atoms with van der Waals surface area (Å²) in [7, 11) is 0. The number of nitro groups is 1. The summed E-state index contributed by atoms with van der Waals surface area (Å²) >= 11 is 0. The molecule has 0 spiro atoms. The zero-order chi connectivity index (χ0) is 23.5. The molecule has 0 aliphatic carbocycles. The summed E-state index contributed by atoms with van der Waals surface area (Å²) in [6, 6.07) is 15.6. The second-order valence-electron chi connectivity index (χ2n) is 8.46. The maximum absolute atomic E-state index is 11.1. The lowest BCUT2D eigenvalue weighted by atomic mass is 9.90. The molecular weight excluding hydrogens is 434 g/mol. The highest BCUT2D eigenvalue weighted by Gasteiger charge is 2.28. The summed E-state index contributed by atoms with van der Waals surface area (Å²) in [6.07, 6.45) is 3.95. The molecule has 0 bridgehead atoms. The molecule has 2 aliphatic heterocycles. The molecule has 5 rings (SSSR count). The minimum absolute atomic E-state index is 0.0401. The molecule has 2 heterocycles. The molecule has 3 aromatic rings. The van der Waals surface area contributed by atoms with Gasteiger partial charge in [0.1, 0.15) is 17.1 Å². The van der Waals surface area contributed by atoms with Gasteiger partial charge in [0.2, 0.25) is 0 Å². The average Bonchev–Trinajstić information content (AvgIpc) is 2.85. The van der Waals surface area contributed by atoms with Crippen LogP contribution in [0, 0.1) is 10.1 Å². The second-order valence-corrected chi connectivity index (χ2v) is 8.46. The topological polar surface area (TPSA) is 113 Å². The van der Waals surface area contributed by atoms with Crippen LogP contribution in [0.5, 0.6) is 5.75 Å². The van der Waals surface area contributed by atoms with E-state index in [-0.39, 0.29) is 17.1 Å². The Hall–Kier alpha value is -3.98. The molecule has 0 saturated heterocycles. The second kappa shape index (κ2) is 9.48. The molecule has 0 saturated carbocycles. The number of phenols is 1. The number of nitrogens with one attached hydrogen (secondary N) is 1. The molecule has 9 nitrogen and oxygen atoms in total. The van der Waals surface area contributed by atoms with E-state index in [0.717, 1.165) is 55.6 Å². The van der Waals surface area contributed by atoms with Gasteiger partial charge in [-0.25, -0.2) is 0 Å². The van der Waals surface area contributed by atoms with Crippen LogP contribution < -0.4 is 10.4 Å². The minimum atomic E-state index is -0.527. The van der Waals surface area contributed by atoms with E-state index < -0.39 is 4.92 Å². The van der Waals surface area contributed by atoms with Gasteiger partial charge in [-0.15, -0.1) is 10.2 Å². The van der Waals surface area contributed by atoms with Crippen molar-refractivity contribution in [3.8, 4) is 5.75 Å². The van der Waals surface area contributed by atoms with Crippen LogP contribution in [0.15, 0.2) is 64.8 Å². The summed E-state index contributed by atoms with van der Waals surface area (Å²) in [4.78, 5) is 18.9. The van der Waals surface area contributed by atoms with Crippen LogP contribution in [0.4, 0.5) is 28.4 Å². The van der Waals surface area contributed by atoms with Gasteiger partial charge in [-0.3, -0.25) is 20.4 Å². The molecule has 0 aromatic heterocycles. The number of aryl methyl sites for hydroxylation is 1. The Morgan fingerprint density at radius 3 is 2.59 bits per heavy atom. The quantitative estimate of drug-likeness (QED) is 0.256. The maximum Gasteiger partial charge on any atom is 0.271 e. The highest BCUT2D eigenvalue weighted by Crippen LogP contribution is 2.45. The molecule has 0 amide bonds. The van der Waals surface area contributed by atoms with E-state index in [4.69, 9.17) is 4.84 Å². The Morgan fingerprint density at radius 1 is 1.03 bits per heavy atom. The van der Waals surface area contributed by atoms with Gasteiger partial charge in [0, 0.05) is 36.5 Å². The molecule has 2 aliphatic rings. The largest absolute Gasteiger partial charge is 0.506 e. The fraction of sp³-hybridized carbons (Fsp3) is 0.280. The number of hydrogen-bond acceptors (Lipinski definition) is 8. The fourth-order valence-corrected chi connectivity index (χ4v) is 4.61. The van der Waals surface area contributed by atoms with Gasteiger partial charge >= 0.3 is 0 Å². The number of rotatable bonds is 7. The Labute approximate surface area is 196 Å². The first-order chi connectivity index (χ1) is 16.6. The monoisotopic (exact) mass is 459 g/mol. The van der Waals surface area contributed by atoms with Crippen molar-refractivity contribution in [3.63, 3.8) is 0 Å². The predicted molar refractivity (Wildman–Crippen MR) is 129 cm³/mol. The minimum Gasteiger partial charge on any atom is -0.506 e. The van der Waals surface area contributed by atoms with Gasteiger partial charge in [-0.05, 0) is 48.9 Å². The van der Waals surface area contributed by atoms with Crippen molar-refractivity contribution in [3.05, 3.63) is 81.4 Å². The van der Waals surface area contributed by atoms with Gasteiger partial charge in [0.15, 0.2) is 0 Å². The normalized spacial score (nSPS) is 14.8. The standard InChI is InChI=1S/C25H25N5O4/c31-23-11-10-19(30(32)33)15-21(23)26-27-22-14-18-8-4-12-29-13-5-9-20(25(18)29)24(22)28-34-16-17-6-2-1-3-7-17/h1-3,6-7,10-11,14-15,28,31H,4-5,8-9,12-13,16H2. The number of anilines is 2. The van der Waals surface area contributed by atoms with Gasteiger partial charge in [0.05, 0.1) is 17.2 Å². The van der Waals surface area contributed by atoms with E-state index in [1.54, 1.807) is 0 Å². The number of hydrogen-bond donors (Lipinski definition) is 2. The third kappa shape index (κ3) is 4.42. The predicted octanol–water partition coefficient (Wildman–Crippen LogP) is 5.96. The zero-order valence-electron chi connectivity index (χ0n) is 18.6. The highest BCUT2D eigenvalue weighted by molar-refractivity contribution is 5.81. The summed E-state index contributed by atoms with van der Waals surface area (Å²) in [5, 5.41) is 29.9. The van der Waals surface area contributed by atoms with E-state index in [1.165, 1.54) is 29.4 Å². The summed E-state index contributed by atoms with van der Waals surface area (Å²) in [6.45, 7) is 2.45. The molecule has 34 heavy (non-hydrogen) atoms. The number of nitro benzene ring substituents is 1. The Bertz CT molecular complexity index is 1240. The van der Waals surface area contributed by atoms with Crippen molar-refractivity contribution in [1.29, 1.82) is 0 Å². The van der Waals surface area contributed by atoms with E-state index in [2.05, 4.69) is 20.6 Å². The van der Waals surface area contributed by atoms with E-state index in [0.29, 0.717) is 12.3 Å². The van der Waals surface area contributed by atoms with Crippen LogP contribution in [0.2, 0.25) is 0 Å².